The van der Waals surface area contributed by atoms with Crippen LogP contribution in [0.15, 0.2) is 91.0 Å². The molecule has 0 spiro atoms. The summed E-state index contributed by atoms with van der Waals surface area (Å²) in [6, 6.07) is 32.5. The molecule has 7 heteroatoms. The van der Waals surface area contributed by atoms with Gasteiger partial charge in [0.15, 0.2) is 0 Å². The largest absolute Gasteiger partial charge is 0.871 e. The quantitative estimate of drug-likeness (QED) is 0.366. The molecule has 0 amide bonds. The minimum absolute atomic E-state index is 0.0785. The lowest BCUT2D eigenvalue weighted by Crippen LogP contribution is -2.35. The molecule has 0 saturated carbocycles. The highest BCUT2D eigenvalue weighted by atomic mass is 35.5. The van der Waals surface area contributed by atoms with Gasteiger partial charge in [-0.3, -0.25) is 0 Å². The molecule has 4 aromatic carbocycles. The molecule has 0 radical (unpaired) electrons. The van der Waals surface area contributed by atoms with Crippen molar-refractivity contribution in [2.75, 3.05) is 0 Å². The third-order valence-corrected chi connectivity index (χ3v) is 9.46. The van der Waals surface area contributed by atoms with Crippen LogP contribution in [-0.4, -0.2) is 0 Å². The van der Waals surface area contributed by atoms with Crippen molar-refractivity contribution in [1.29, 1.82) is 10.5 Å². The van der Waals surface area contributed by atoms with Crippen molar-refractivity contribution in [2.45, 2.75) is 0 Å². The molecular weight excluding hydrogens is 474 g/mol. The zero-order valence-corrected chi connectivity index (χ0v) is 19.5. The molecular formula is C26H15Cl2N2O2P. The molecule has 0 heterocycles. The maximum Gasteiger partial charge on any atom is 0.287 e. The van der Waals surface area contributed by atoms with Crippen LogP contribution in [-0.2, 0) is 0 Å². The van der Waals surface area contributed by atoms with Gasteiger partial charge in [0.05, 0.1) is 10.6 Å². The minimum atomic E-state index is -2.91. The van der Waals surface area contributed by atoms with Crippen molar-refractivity contribution in [3.05, 3.63) is 112 Å². The van der Waals surface area contributed by atoms with E-state index < -0.39 is 18.8 Å². The zero-order chi connectivity index (χ0) is 23.4. The van der Waals surface area contributed by atoms with Crippen LogP contribution in [0.3, 0.4) is 0 Å². The summed E-state index contributed by atoms with van der Waals surface area (Å²) in [7, 11) is -2.91. The highest BCUT2D eigenvalue weighted by Crippen LogP contribution is 2.59. The third kappa shape index (κ3) is 3.91. The number of nitrogens with zero attached hydrogens (tertiary/aromatic N) is 2. The Morgan fingerprint density at radius 2 is 1.03 bits per heavy atom. The predicted molar refractivity (Wildman–Crippen MR) is 131 cm³/mol. The van der Waals surface area contributed by atoms with Crippen molar-refractivity contribution in [2.24, 2.45) is 0 Å². The summed E-state index contributed by atoms with van der Waals surface area (Å²) in [5.41, 5.74) is -0.627. The van der Waals surface area contributed by atoms with Gasteiger partial charge >= 0.3 is 0 Å². The number of hydrogen-bond acceptors (Lipinski definition) is 4. The van der Waals surface area contributed by atoms with Gasteiger partial charge in [-0.1, -0.05) is 83.5 Å². The fraction of sp³-hybridized carbons (Fsp3) is 0. The van der Waals surface area contributed by atoms with Gasteiger partial charge < -0.3 is 9.63 Å². The summed E-state index contributed by atoms with van der Waals surface area (Å²) >= 11 is 12.7. The second kappa shape index (κ2) is 9.53. The Bertz CT molecular complexity index is 1290. The summed E-state index contributed by atoms with van der Waals surface area (Å²) in [4.78, 5) is 0. The Balaban J connectivity index is 2.12. The van der Waals surface area contributed by atoms with Crippen LogP contribution in [0.5, 0.6) is 11.5 Å². The minimum Gasteiger partial charge on any atom is -0.871 e. The topological polar surface area (TPSA) is 79.9 Å². The molecule has 0 N–H and O–H groups in total. The first-order chi connectivity index (χ1) is 16.0. The molecule has 4 rings (SSSR count). The standard InChI is InChI=1S/C26H15Cl2N2O2P/c27-23-24(28)26(22(17-30)21(16-29)25(23)31)32-33(18-10-4-1-5-11-18,19-12-6-2-7-13-19)20-14-8-3-9-15-20/h1-15H. The van der Waals surface area contributed by atoms with E-state index in [1.807, 2.05) is 97.1 Å². The van der Waals surface area contributed by atoms with E-state index in [4.69, 9.17) is 27.7 Å². The van der Waals surface area contributed by atoms with E-state index >= 15 is 0 Å². The summed E-state index contributed by atoms with van der Waals surface area (Å²) in [5.74, 6) is -0.874. The van der Waals surface area contributed by atoms with Crippen LogP contribution in [0, 0.1) is 22.7 Å². The summed E-state index contributed by atoms with van der Waals surface area (Å²) < 4.78 is 6.77. The van der Waals surface area contributed by atoms with Crippen LogP contribution in [0.25, 0.3) is 0 Å². The molecule has 0 fully saturated rings. The van der Waals surface area contributed by atoms with E-state index in [-0.39, 0.29) is 21.4 Å². The van der Waals surface area contributed by atoms with Crippen molar-refractivity contribution < 1.29 is 9.63 Å². The van der Waals surface area contributed by atoms with Gasteiger partial charge in [-0.15, -0.1) is 0 Å². The van der Waals surface area contributed by atoms with Gasteiger partial charge in [0.1, 0.15) is 38.6 Å². The summed E-state index contributed by atoms with van der Waals surface area (Å²) in [5, 5.41) is 34.0. The van der Waals surface area contributed by atoms with Crippen molar-refractivity contribution in [1.82, 2.24) is 0 Å². The van der Waals surface area contributed by atoms with Crippen molar-refractivity contribution in [3.8, 4) is 23.6 Å². The van der Waals surface area contributed by atoms with E-state index in [1.165, 1.54) is 0 Å². The van der Waals surface area contributed by atoms with Gasteiger partial charge in [0.2, 0.25) is 5.75 Å². The number of halogens is 2. The van der Waals surface area contributed by atoms with E-state index in [0.717, 1.165) is 15.9 Å². The van der Waals surface area contributed by atoms with Crippen molar-refractivity contribution in [3.63, 3.8) is 0 Å². The Hall–Kier alpha value is -3.53. The van der Waals surface area contributed by atoms with E-state index in [1.54, 1.807) is 6.07 Å². The zero-order valence-electron chi connectivity index (χ0n) is 17.1. The molecule has 33 heavy (non-hydrogen) atoms. The van der Waals surface area contributed by atoms with E-state index in [2.05, 4.69) is 0 Å². The first kappa shape index (κ1) is 22.7. The fourth-order valence-corrected chi connectivity index (χ4v) is 7.50. The molecule has 0 aliphatic rings. The Labute approximate surface area is 202 Å². The molecule has 0 atom stereocenters. The number of rotatable bonds is 5. The smallest absolute Gasteiger partial charge is 0.287 e. The molecule has 0 saturated heterocycles. The average Bonchev–Trinajstić information content (AvgIpc) is 2.88. The summed E-state index contributed by atoms with van der Waals surface area (Å²) in [6.07, 6.45) is 0. The first-order valence-corrected chi connectivity index (χ1v) is 12.3. The molecule has 0 aromatic heterocycles. The fourth-order valence-electron chi connectivity index (χ4n) is 3.60. The molecule has 0 bridgehead atoms. The molecule has 4 nitrogen and oxygen atoms in total. The normalized spacial score (nSPS) is 10.8. The van der Waals surface area contributed by atoms with Crippen LogP contribution in [0.4, 0.5) is 0 Å². The predicted octanol–water partition coefficient (Wildman–Crippen LogP) is 5.10. The van der Waals surface area contributed by atoms with E-state index in [0.29, 0.717) is 0 Å². The Morgan fingerprint density at radius 1 is 0.636 bits per heavy atom. The third-order valence-electron chi connectivity index (χ3n) is 5.11. The molecule has 4 aromatic rings. The molecule has 0 aliphatic heterocycles. The number of benzene rings is 4. The Morgan fingerprint density at radius 3 is 1.39 bits per heavy atom. The SMILES string of the molecule is N#Cc1c([O-])c(Cl)c(Cl)c(O[P+](c2ccccc2)(c2ccccc2)c2ccccc2)c1C#N. The van der Waals surface area contributed by atoms with Crippen molar-refractivity contribution >= 4 is 46.6 Å². The first-order valence-electron chi connectivity index (χ1n) is 9.82. The highest BCUT2D eigenvalue weighted by molar-refractivity contribution is 7.92. The maximum atomic E-state index is 12.5. The number of nitriles is 2. The van der Waals surface area contributed by atoms with E-state index in [9.17, 15) is 15.6 Å². The highest BCUT2D eigenvalue weighted by Gasteiger charge is 2.50. The lowest BCUT2D eigenvalue weighted by Gasteiger charge is -2.28. The van der Waals surface area contributed by atoms with Crippen LogP contribution < -0.4 is 25.5 Å². The van der Waals surface area contributed by atoms with Gasteiger partial charge in [-0.2, -0.15) is 10.5 Å². The molecule has 0 unspecified atom stereocenters. The average molecular weight is 489 g/mol. The van der Waals surface area contributed by atoms with Crippen LogP contribution in [0.1, 0.15) is 11.1 Å². The lowest BCUT2D eigenvalue weighted by atomic mass is 10.1. The second-order valence-corrected chi connectivity index (χ2v) is 10.7. The molecule has 0 aliphatic carbocycles. The van der Waals surface area contributed by atoms with Gasteiger partial charge in [-0.25, -0.2) is 0 Å². The second-order valence-electron chi connectivity index (χ2n) is 6.97. The molecule has 160 valence electrons. The maximum absolute atomic E-state index is 12.5. The van der Waals surface area contributed by atoms with Gasteiger partial charge in [0, 0.05) is 0 Å². The number of hydrogen-bond donors (Lipinski definition) is 0. The van der Waals surface area contributed by atoms with Crippen LogP contribution >= 0.6 is 30.7 Å². The van der Waals surface area contributed by atoms with Gasteiger partial charge in [0.25, 0.3) is 7.49 Å². The summed E-state index contributed by atoms with van der Waals surface area (Å²) in [6.45, 7) is 0. The lowest BCUT2D eigenvalue weighted by molar-refractivity contribution is -0.268. The monoisotopic (exact) mass is 488 g/mol. The van der Waals surface area contributed by atoms with Crippen LogP contribution in [0.2, 0.25) is 10.0 Å². The Kier molecular flexibility index (Phi) is 6.55. The van der Waals surface area contributed by atoms with Gasteiger partial charge in [-0.05, 0) is 36.4 Å².